The van der Waals surface area contributed by atoms with Gasteiger partial charge in [0.2, 0.25) is 0 Å². The first kappa shape index (κ1) is 16.2. The van der Waals surface area contributed by atoms with Crippen LogP contribution >= 0.6 is 0 Å². The van der Waals surface area contributed by atoms with Crippen molar-refractivity contribution in [3.05, 3.63) is 71.3 Å². The van der Waals surface area contributed by atoms with Gasteiger partial charge in [-0.15, -0.1) is 0 Å². The average Bonchev–Trinajstić information content (AvgIpc) is 2.57. The van der Waals surface area contributed by atoms with Gasteiger partial charge in [0.25, 0.3) is 5.91 Å². The lowest BCUT2D eigenvalue weighted by Crippen LogP contribution is -2.46. The third kappa shape index (κ3) is 2.80. The number of nitrogens with zero attached hydrogens (tertiary/aromatic N) is 1. The predicted molar refractivity (Wildman–Crippen MR) is 91.9 cm³/mol. The Morgan fingerprint density at radius 1 is 1.08 bits per heavy atom. The fraction of sp³-hybridized carbons (Fsp3) is 0.300. The molecule has 0 unspecified atom stereocenters. The van der Waals surface area contributed by atoms with Crippen molar-refractivity contribution in [2.75, 3.05) is 6.54 Å². The monoisotopic (exact) mass is 323 g/mol. The number of amides is 1. The number of carboxylic acid groups (broad SMARTS) is 1. The van der Waals surface area contributed by atoms with Crippen LogP contribution in [0.15, 0.2) is 54.6 Å². The molecule has 0 radical (unpaired) electrons. The van der Waals surface area contributed by atoms with E-state index < -0.39 is 17.9 Å². The van der Waals surface area contributed by atoms with E-state index in [4.69, 9.17) is 0 Å². The topological polar surface area (TPSA) is 57.6 Å². The van der Waals surface area contributed by atoms with Crippen molar-refractivity contribution >= 4 is 11.9 Å². The fourth-order valence-corrected chi connectivity index (χ4v) is 3.47. The van der Waals surface area contributed by atoms with E-state index in [1.54, 1.807) is 29.2 Å². The van der Waals surface area contributed by atoms with Crippen LogP contribution in [0.2, 0.25) is 0 Å². The summed E-state index contributed by atoms with van der Waals surface area (Å²) < 4.78 is 0. The zero-order valence-electron chi connectivity index (χ0n) is 13.8. The SMILES string of the molecule is CC(C)CN1C(=O)c2ccccc2[C@@H](C(=O)O)[C@H]1c1ccccc1. The van der Waals surface area contributed by atoms with Crippen LogP contribution in [0, 0.1) is 5.92 Å². The highest BCUT2D eigenvalue weighted by Crippen LogP contribution is 2.43. The van der Waals surface area contributed by atoms with Gasteiger partial charge in [0.1, 0.15) is 5.92 Å². The van der Waals surface area contributed by atoms with E-state index in [0.717, 1.165) is 5.56 Å². The van der Waals surface area contributed by atoms with Crippen molar-refractivity contribution in [2.24, 2.45) is 5.92 Å². The largest absolute Gasteiger partial charge is 0.481 e. The molecule has 0 saturated heterocycles. The molecule has 2 aromatic carbocycles. The summed E-state index contributed by atoms with van der Waals surface area (Å²) in [5.41, 5.74) is 1.95. The maximum atomic E-state index is 13.0. The summed E-state index contributed by atoms with van der Waals surface area (Å²) in [5.74, 6) is -1.51. The Labute approximate surface area is 141 Å². The first-order chi connectivity index (χ1) is 11.5. The quantitative estimate of drug-likeness (QED) is 0.933. The molecule has 2 aromatic rings. The predicted octanol–water partition coefficient (Wildman–Crippen LogP) is 3.71. The molecule has 1 heterocycles. The Bertz CT molecular complexity index is 754. The van der Waals surface area contributed by atoms with E-state index in [1.165, 1.54) is 0 Å². The zero-order chi connectivity index (χ0) is 17.3. The molecule has 124 valence electrons. The second-order valence-corrected chi connectivity index (χ2v) is 6.61. The first-order valence-corrected chi connectivity index (χ1v) is 8.18. The van der Waals surface area contributed by atoms with Gasteiger partial charge in [0.05, 0.1) is 6.04 Å². The van der Waals surface area contributed by atoms with Gasteiger partial charge >= 0.3 is 5.97 Å². The molecule has 1 aliphatic rings. The van der Waals surface area contributed by atoms with Crippen molar-refractivity contribution in [3.63, 3.8) is 0 Å². The third-order valence-electron chi connectivity index (χ3n) is 4.41. The number of aliphatic carboxylic acids is 1. The summed E-state index contributed by atoms with van der Waals surface area (Å²) in [4.78, 5) is 26.9. The summed E-state index contributed by atoms with van der Waals surface area (Å²) >= 11 is 0. The average molecular weight is 323 g/mol. The summed E-state index contributed by atoms with van der Waals surface area (Å²) in [6.07, 6.45) is 0. The lowest BCUT2D eigenvalue weighted by atomic mass is 9.79. The Morgan fingerprint density at radius 2 is 1.71 bits per heavy atom. The maximum absolute atomic E-state index is 13.0. The van der Waals surface area contributed by atoms with Crippen molar-refractivity contribution < 1.29 is 14.7 Å². The fourth-order valence-electron chi connectivity index (χ4n) is 3.47. The standard InChI is InChI=1S/C20H21NO3/c1-13(2)12-21-18(14-8-4-3-5-9-14)17(20(23)24)15-10-6-7-11-16(15)19(21)22/h3-11,13,17-18H,12H2,1-2H3,(H,23,24)/t17-,18-/m1/s1. The summed E-state index contributed by atoms with van der Waals surface area (Å²) in [6.45, 7) is 4.59. The van der Waals surface area contributed by atoms with Gasteiger partial charge in [-0.2, -0.15) is 0 Å². The normalized spacial score (nSPS) is 20.1. The van der Waals surface area contributed by atoms with Crippen LogP contribution in [0.5, 0.6) is 0 Å². The van der Waals surface area contributed by atoms with Crippen LogP contribution in [0.4, 0.5) is 0 Å². The number of carbonyl (C=O) groups excluding carboxylic acids is 1. The molecule has 0 aromatic heterocycles. The van der Waals surface area contributed by atoms with Gasteiger partial charge in [0.15, 0.2) is 0 Å². The molecule has 4 nitrogen and oxygen atoms in total. The van der Waals surface area contributed by atoms with Crippen molar-refractivity contribution in [1.29, 1.82) is 0 Å². The van der Waals surface area contributed by atoms with E-state index in [0.29, 0.717) is 17.7 Å². The van der Waals surface area contributed by atoms with E-state index in [9.17, 15) is 14.7 Å². The lowest BCUT2D eigenvalue weighted by molar-refractivity contribution is -0.140. The van der Waals surface area contributed by atoms with Crippen LogP contribution in [0.3, 0.4) is 0 Å². The highest BCUT2D eigenvalue weighted by Gasteiger charge is 2.44. The number of benzene rings is 2. The molecule has 0 spiro atoms. The second-order valence-electron chi connectivity index (χ2n) is 6.61. The van der Waals surface area contributed by atoms with E-state index in [1.807, 2.05) is 44.2 Å². The second kappa shape index (κ2) is 6.48. The van der Waals surface area contributed by atoms with Crippen LogP contribution in [0.1, 0.15) is 47.3 Å². The number of fused-ring (bicyclic) bond motifs is 1. The molecule has 0 bridgehead atoms. The van der Waals surface area contributed by atoms with Gasteiger partial charge in [0, 0.05) is 12.1 Å². The molecular weight excluding hydrogens is 302 g/mol. The summed E-state index contributed by atoms with van der Waals surface area (Å²) in [7, 11) is 0. The number of carboxylic acids is 1. The Morgan fingerprint density at radius 3 is 2.33 bits per heavy atom. The molecule has 1 aliphatic heterocycles. The number of hydrogen-bond donors (Lipinski definition) is 1. The molecule has 24 heavy (non-hydrogen) atoms. The lowest BCUT2D eigenvalue weighted by Gasteiger charge is -2.41. The van der Waals surface area contributed by atoms with Crippen LogP contribution in [-0.2, 0) is 4.79 Å². The third-order valence-corrected chi connectivity index (χ3v) is 4.41. The highest BCUT2D eigenvalue weighted by molar-refractivity contribution is 6.00. The van der Waals surface area contributed by atoms with Crippen LogP contribution < -0.4 is 0 Å². The van der Waals surface area contributed by atoms with Gasteiger partial charge < -0.3 is 10.0 Å². The summed E-state index contributed by atoms with van der Waals surface area (Å²) in [6, 6.07) is 16.0. The Kier molecular flexibility index (Phi) is 4.38. The molecule has 1 N–H and O–H groups in total. The molecule has 1 amide bonds. The first-order valence-electron chi connectivity index (χ1n) is 8.18. The molecule has 2 atom stereocenters. The van der Waals surface area contributed by atoms with Crippen molar-refractivity contribution in [2.45, 2.75) is 25.8 Å². The number of carbonyl (C=O) groups is 2. The number of hydrogen-bond acceptors (Lipinski definition) is 2. The van der Waals surface area contributed by atoms with E-state index in [-0.39, 0.29) is 11.8 Å². The van der Waals surface area contributed by atoms with E-state index >= 15 is 0 Å². The molecule has 0 saturated carbocycles. The molecule has 0 aliphatic carbocycles. The smallest absolute Gasteiger partial charge is 0.313 e. The molecule has 0 fully saturated rings. The van der Waals surface area contributed by atoms with Crippen LogP contribution in [-0.4, -0.2) is 28.4 Å². The van der Waals surface area contributed by atoms with Crippen molar-refractivity contribution in [3.8, 4) is 0 Å². The maximum Gasteiger partial charge on any atom is 0.313 e. The van der Waals surface area contributed by atoms with Gasteiger partial charge in [-0.05, 0) is 23.1 Å². The van der Waals surface area contributed by atoms with Gasteiger partial charge in [-0.3, -0.25) is 9.59 Å². The minimum absolute atomic E-state index is 0.0920. The van der Waals surface area contributed by atoms with Gasteiger partial charge in [-0.1, -0.05) is 62.4 Å². The molecule has 3 rings (SSSR count). The van der Waals surface area contributed by atoms with E-state index in [2.05, 4.69) is 0 Å². The van der Waals surface area contributed by atoms with Gasteiger partial charge in [-0.25, -0.2) is 0 Å². The number of rotatable bonds is 4. The molecular formula is C20H21NO3. The van der Waals surface area contributed by atoms with Crippen LogP contribution in [0.25, 0.3) is 0 Å². The summed E-state index contributed by atoms with van der Waals surface area (Å²) in [5, 5.41) is 9.92. The zero-order valence-corrected chi connectivity index (χ0v) is 13.8. The molecule has 4 heteroatoms. The Balaban J connectivity index is 2.20. The minimum atomic E-state index is -0.905. The highest BCUT2D eigenvalue weighted by atomic mass is 16.4. The Hall–Kier alpha value is -2.62. The van der Waals surface area contributed by atoms with Crippen molar-refractivity contribution in [1.82, 2.24) is 4.90 Å². The minimum Gasteiger partial charge on any atom is -0.481 e.